The van der Waals surface area contributed by atoms with Gasteiger partial charge in [-0.3, -0.25) is 11.1 Å². The first kappa shape index (κ1) is 9.61. The van der Waals surface area contributed by atoms with E-state index in [0.29, 0.717) is 6.54 Å². The fourth-order valence-electron chi connectivity index (χ4n) is 0.447. The maximum absolute atomic E-state index is 10.1. The molecule has 0 aliphatic rings. The molecule has 0 fully saturated rings. The van der Waals surface area contributed by atoms with Gasteiger partial charge >= 0.3 is 0 Å². The van der Waals surface area contributed by atoms with Crippen molar-refractivity contribution >= 4 is 15.4 Å². The van der Waals surface area contributed by atoms with Crippen LogP contribution in [0.2, 0.25) is 0 Å². The van der Waals surface area contributed by atoms with Crippen LogP contribution in [0.25, 0.3) is 0 Å². The lowest BCUT2D eigenvalue weighted by Gasteiger charge is -1.96. The van der Waals surface area contributed by atoms with E-state index in [9.17, 15) is 8.42 Å². The van der Waals surface area contributed by atoms with Crippen LogP contribution in [0.15, 0.2) is 0 Å². The molecular formula is C5H12N2O2S. The van der Waals surface area contributed by atoms with E-state index in [1.165, 1.54) is 0 Å². The lowest BCUT2D eigenvalue weighted by atomic mass is 10.3. The molecular weight excluding hydrogens is 152 g/mol. The lowest BCUT2D eigenvalue weighted by molar-refractivity contribution is 0.625. The average molecular weight is 164 g/mol. The van der Waals surface area contributed by atoms with E-state index in [2.05, 4.69) is 5.32 Å². The van der Waals surface area contributed by atoms with E-state index in [4.69, 9.17) is 5.73 Å². The van der Waals surface area contributed by atoms with Crippen LogP contribution in [-0.4, -0.2) is 20.1 Å². The van der Waals surface area contributed by atoms with Gasteiger partial charge in [-0.2, -0.15) is 8.42 Å². The van der Waals surface area contributed by atoms with Gasteiger partial charge in [-0.15, -0.1) is 0 Å². The first-order chi connectivity index (χ1) is 4.68. The van der Waals surface area contributed by atoms with Crippen molar-refractivity contribution in [2.75, 3.05) is 6.54 Å². The van der Waals surface area contributed by atoms with Crippen LogP contribution < -0.4 is 11.1 Å². The van der Waals surface area contributed by atoms with Gasteiger partial charge in [0.2, 0.25) is 10.3 Å². The zero-order valence-corrected chi connectivity index (χ0v) is 6.74. The Morgan fingerprint density at radius 2 is 2.20 bits per heavy atom. The number of rotatable bonds is 3. The molecule has 0 saturated carbocycles. The van der Waals surface area contributed by atoms with Gasteiger partial charge in [-0.25, -0.2) is 0 Å². The summed E-state index contributed by atoms with van der Waals surface area (Å²) in [7, 11) is -2.28. The summed E-state index contributed by atoms with van der Waals surface area (Å²) in [5.74, 6) is 0. The highest BCUT2D eigenvalue weighted by Crippen LogP contribution is 1.80. The molecule has 4 nitrogen and oxygen atoms in total. The second-order valence-electron chi connectivity index (χ2n) is 1.88. The minimum atomic E-state index is -2.28. The standard InChI is InChI=1S/C5H12N2O2S/c1-2-3-4-7-5(6)10(8)9/h7H,2-4,6H2,1H3. The molecule has 0 heterocycles. The molecule has 0 aromatic carbocycles. The second kappa shape index (κ2) is 5.40. The van der Waals surface area contributed by atoms with Gasteiger partial charge in [0, 0.05) is 6.54 Å². The molecule has 0 aliphatic heterocycles. The zero-order chi connectivity index (χ0) is 7.98. The Kier molecular flexibility index (Phi) is 5.19. The van der Waals surface area contributed by atoms with Crippen molar-refractivity contribution in [3.8, 4) is 0 Å². The van der Waals surface area contributed by atoms with E-state index in [1.807, 2.05) is 6.92 Å². The third kappa shape index (κ3) is 4.49. The number of hydrogen-bond donors (Lipinski definition) is 2. The summed E-state index contributed by atoms with van der Waals surface area (Å²) >= 11 is 0. The molecule has 0 atom stereocenters. The van der Waals surface area contributed by atoms with Gasteiger partial charge in [0.05, 0.1) is 0 Å². The van der Waals surface area contributed by atoms with E-state index >= 15 is 0 Å². The number of nitrogens with two attached hydrogens (primary N) is 1. The molecule has 5 heteroatoms. The summed E-state index contributed by atoms with van der Waals surface area (Å²) in [6.45, 7) is 2.64. The quantitative estimate of drug-likeness (QED) is 0.427. The highest BCUT2D eigenvalue weighted by Gasteiger charge is 1.89. The molecule has 0 bridgehead atoms. The predicted molar refractivity (Wildman–Crippen MR) is 41.0 cm³/mol. The maximum atomic E-state index is 10.1. The first-order valence-electron chi connectivity index (χ1n) is 3.14. The Morgan fingerprint density at radius 3 is 2.60 bits per heavy atom. The topological polar surface area (TPSA) is 72.2 Å². The molecule has 10 heavy (non-hydrogen) atoms. The zero-order valence-electron chi connectivity index (χ0n) is 5.92. The van der Waals surface area contributed by atoms with Gasteiger partial charge in [0.25, 0.3) is 0 Å². The van der Waals surface area contributed by atoms with Gasteiger partial charge in [0.15, 0.2) is 5.11 Å². The number of nitrogens with one attached hydrogen (secondary N) is 1. The molecule has 0 radical (unpaired) electrons. The van der Waals surface area contributed by atoms with Crippen molar-refractivity contribution in [1.29, 1.82) is 0 Å². The first-order valence-corrected chi connectivity index (χ1v) is 4.21. The van der Waals surface area contributed by atoms with Crippen LogP contribution in [-0.2, 0) is 10.3 Å². The Labute approximate surface area is 61.9 Å². The summed E-state index contributed by atoms with van der Waals surface area (Å²) in [4.78, 5) is 0. The lowest BCUT2D eigenvalue weighted by Crippen LogP contribution is -2.32. The summed E-state index contributed by atoms with van der Waals surface area (Å²) in [5, 5.41) is 2.39. The van der Waals surface area contributed by atoms with Crippen molar-refractivity contribution in [1.82, 2.24) is 5.32 Å². The van der Waals surface area contributed by atoms with Crippen molar-refractivity contribution < 1.29 is 8.42 Å². The van der Waals surface area contributed by atoms with E-state index in [1.54, 1.807) is 0 Å². The van der Waals surface area contributed by atoms with Gasteiger partial charge in [-0.1, -0.05) is 13.3 Å². The molecule has 0 saturated heterocycles. The molecule has 0 aromatic heterocycles. The number of unbranched alkanes of at least 4 members (excludes halogenated alkanes) is 1. The Bertz CT molecular complexity index is 200. The molecule has 0 unspecified atom stereocenters. The molecule has 3 N–H and O–H groups in total. The maximum Gasteiger partial charge on any atom is 0.243 e. The van der Waals surface area contributed by atoms with Crippen molar-refractivity contribution in [3.05, 3.63) is 0 Å². The summed E-state index contributed by atoms with van der Waals surface area (Å²) in [6.07, 6.45) is 1.95. The van der Waals surface area contributed by atoms with Crippen molar-refractivity contribution in [2.24, 2.45) is 5.73 Å². The highest BCUT2D eigenvalue weighted by molar-refractivity contribution is 7.72. The minimum absolute atomic E-state index is 0.173. The Morgan fingerprint density at radius 1 is 1.60 bits per heavy atom. The Balaban J connectivity index is 3.61. The van der Waals surface area contributed by atoms with Crippen LogP contribution in [0.1, 0.15) is 19.8 Å². The molecule has 0 amide bonds. The van der Waals surface area contributed by atoms with Crippen LogP contribution in [0.5, 0.6) is 0 Å². The van der Waals surface area contributed by atoms with Crippen LogP contribution in [0.3, 0.4) is 0 Å². The van der Waals surface area contributed by atoms with Crippen LogP contribution in [0.4, 0.5) is 0 Å². The molecule has 0 rings (SSSR count). The summed E-state index contributed by atoms with van der Waals surface area (Å²) in [5.41, 5.74) is 5.05. The smallest absolute Gasteiger partial charge is 0.243 e. The summed E-state index contributed by atoms with van der Waals surface area (Å²) < 4.78 is 20.1. The number of hydrogen-bond acceptors (Lipinski definition) is 2. The van der Waals surface area contributed by atoms with Gasteiger partial charge < -0.3 is 0 Å². The fraction of sp³-hybridized carbons (Fsp3) is 0.800. The monoisotopic (exact) mass is 164 g/mol. The van der Waals surface area contributed by atoms with E-state index in [-0.39, 0.29) is 5.11 Å². The third-order valence-electron chi connectivity index (χ3n) is 1.01. The molecule has 0 aromatic rings. The second-order valence-corrected chi connectivity index (χ2v) is 2.79. The van der Waals surface area contributed by atoms with Crippen LogP contribution in [0, 0.1) is 0 Å². The average Bonchev–Trinajstić information content (AvgIpc) is 1.88. The molecule has 0 aliphatic carbocycles. The van der Waals surface area contributed by atoms with Gasteiger partial charge in [-0.05, 0) is 6.42 Å². The van der Waals surface area contributed by atoms with E-state index in [0.717, 1.165) is 12.8 Å². The largest absolute Gasteiger partial charge is 0.280 e. The highest BCUT2D eigenvalue weighted by atomic mass is 32.2. The SMILES string of the molecule is CCCCNC(N)=S(=O)=O. The summed E-state index contributed by atoms with van der Waals surface area (Å²) in [6, 6.07) is 0. The van der Waals surface area contributed by atoms with Crippen molar-refractivity contribution in [3.63, 3.8) is 0 Å². The molecule has 0 spiro atoms. The van der Waals surface area contributed by atoms with Crippen LogP contribution >= 0.6 is 0 Å². The van der Waals surface area contributed by atoms with E-state index < -0.39 is 10.3 Å². The Hall–Kier alpha value is -0.390. The minimum Gasteiger partial charge on any atom is -0.280 e. The van der Waals surface area contributed by atoms with Crippen molar-refractivity contribution in [2.45, 2.75) is 19.8 Å². The molecule has 60 valence electrons. The normalized spacial score (nSPS) is 9.40. The predicted octanol–water partition coefficient (Wildman–Crippen LogP) is -0.699. The fourth-order valence-corrected chi connectivity index (χ4v) is 0.667. The third-order valence-corrected chi connectivity index (χ3v) is 1.51. The van der Waals surface area contributed by atoms with Gasteiger partial charge in [0.1, 0.15) is 0 Å².